The topological polar surface area (TPSA) is 83.8 Å². The molecule has 1 saturated carbocycles. The summed E-state index contributed by atoms with van der Waals surface area (Å²) >= 11 is 0. The number of aliphatic hydroxyl groups is 1. The second-order valence-corrected chi connectivity index (χ2v) is 9.63. The molecule has 0 spiro atoms. The van der Waals surface area contributed by atoms with Gasteiger partial charge in [-0.3, -0.25) is 9.59 Å². The monoisotopic (exact) mass is 352 g/mol. The largest absolute Gasteiger partial charge is 0.481 e. The van der Waals surface area contributed by atoms with Crippen LogP contribution in [0.2, 0.25) is 0 Å². The van der Waals surface area contributed by atoms with Crippen molar-refractivity contribution in [3.8, 4) is 0 Å². The molecule has 0 amide bonds. The van der Waals surface area contributed by atoms with Crippen LogP contribution in [0, 0.1) is 28.6 Å². The lowest BCUT2D eigenvalue weighted by Crippen LogP contribution is -2.63. The second kappa shape index (κ2) is 6.42. The third-order valence-corrected chi connectivity index (χ3v) is 5.97. The Morgan fingerprint density at radius 3 is 1.92 bits per heavy atom. The third kappa shape index (κ3) is 3.48. The highest BCUT2D eigenvalue weighted by Gasteiger charge is 2.61. The predicted molar refractivity (Wildman–Crippen MR) is 94.8 cm³/mol. The van der Waals surface area contributed by atoms with Crippen molar-refractivity contribution in [1.29, 1.82) is 0 Å². The summed E-state index contributed by atoms with van der Waals surface area (Å²) in [7, 11) is 0. The van der Waals surface area contributed by atoms with E-state index < -0.39 is 34.3 Å². The van der Waals surface area contributed by atoms with Gasteiger partial charge in [0.25, 0.3) is 0 Å². The van der Waals surface area contributed by atoms with Gasteiger partial charge < -0.3 is 14.9 Å². The van der Waals surface area contributed by atoms with Crippen molar-refractivity contribution >= 4 is 11.9 Å². The van der Waals surface area contributed by atoms with Gasteiger partial charge in [-0.05, 0) is 36.0 Å². The molecular formula is C20H32O5. The number of fused-ring (bicyclic) bond motifs is 2. The number of carbonyl (C=O) groups excluding carboxylic acids is 1. The van der Waals surface area contributed by atoms with Crippen molar-refractivity contribution in [1.82, 2.24) is 0 Å². The fraction of sp³-hybridized carbons (Fsp3) is 0.800. The molecule has 4 atom stereocenters. The normalized spacial score (nSPS) is 27.9. The first-order valence-corrected chi connectivity index (χ1v) is 9.13. The molecule has 0 aromatic heterocycles. The summed E-state index contributed by atoms with van der Waals surface area (Å²) in [4.78, 5) is 24.9. The summed E-state index contributed by atoms with van der Waals surface area (Å²) in [5.41, 5.74) is -3.40. The first kappa shape index (κ1) is 20.0. The van der Waals surface area contributed by atoms with Gasteiger partial charge in [-0.15, -0.1) is 0 Å². The highest BCUT2D eigenvalue weighted by molar-refractivity contribution is 5.95. The molecule has 2 N–H and O–H groups in total. The number of carbonyl (C=O) groups is 2. The number of hydrogen-bond acceptors (Lipinski definition) is 4. The maximum Gasteiger partial charge on any atom is 0.323 e. The van der Waals surface area contributed by atoms with Crippen LogP contribution in [-0.2, 0) is 14.3 Å². The zero-order chi connectivity index (χ0) is 19.2. The average Bonchev–Trinajstić information content (AvgIpc) is 2.45. The van der Waals surface area contributed by atoms with Gasteiger partial charge in [0.1, 0.15) is 6.10 Å². The molecule has 3 aliphatic carbocycles. The molecular weight excluding hydrogens is 320 g/mol. The van der Waals surface area contributed by atoms with E-state index in [0.29, 0.717) is 5.92 Å². The number of carboxylic acid groups (broad SMARTS) is 1. The molecule has 3 rings (SSSR count). The van der Waals surface area contributed by atoms with Crippen LogP contribution in [0.15, 0.2) is 12.2 Å². The van der Waals surface area contributed by atoms with Crippen molar-refractivity contribution in [2.45, 2.75) is 72.5 Å². The van der Waals surface area contributed by atoms with E-state index in [0.717, 1.165) is 19.3 Å². The Morgan fingerprint density at radius 1 is 1.04 bits per heavy atom. The number of rotatable bonds is 4. The molecule has 142 valence electrons. The van der Waals surface area contributed by atoms with E-state index in [4.69, 9.17) is 4.74 Å². The number of allylic oxidation sites excluding steroid dienone is 1. The van der Waals surface area contributed by atoms with Crippen molar-refractivity contribution in [3.05, 3.63) is 12.2 Å². The Labute approximate surface area is 150 Å². The number of ether oxygens (including phenoxy) is 1. The summed E-state index contributed by atoms with van der Waals surface area (Å²) in [6.45, 7) is 10.5. The van der Waals surface area contributed by atoms with Gasteiger partial charge in [0, 0.05) is 5.92 Å². The van der Waals surface area contributed by atoms with E-state index >= 15 is 0 Å². The third-order valence-electron chi connectivity index (χ3n) is 5.97. The van der Waals surface area contributed by atoms with Crippen LogP contribution in [0.1, 0.15) is 60.8 Å². The summed E-state index contributed by atoms with van der Waals surface area (Å²) < 4.78 is 5.65. The van der Waals surface area contributed by atoms with Crippen molar-refractivity contribution < 1.29 is 24.5 Å². The SMILES string of the molecule is CC(C)(C)C(O)(C(C(=O)O)C(=O)OC1CC2C=CC1CC2)C(C)(C)C. The van der Waals surface area contributed by atoms with Crippen LogP contribution < -0.4 is 0 Å². The molecule has 2 bridgehead atoms. The molecule has 25 heavy (non-hydrogen) atoms. The Kier molecular flexibility index (Phi) is 5.12. The van der Waals surface area contributed by atoms with Gasteiger partial charge in [0.2, 0.25) is 0 Å². The van der Waals surface area contributed by atoms with Crippen molar-refractivity contribution in [3.63, 3.8) is 0 Å². The van der Waals surface area contributed by atoms with E-state index in [1.54, 1.807) is 41.5 Å². The van der Waals surface area contributed by atoms with Gasteiger partial charge in [0.05, 0.1) is 5.60 Å². The fourth-order valence-corrected chi connectivity index (χ4v) is 4.67. The van der Waals surface area contributed by atoms with Crippen LogP contribution in [-0.4, -0.2) is 33.9 Å². The second-order valence-electron chi connectivity index (χ2n) is 9.63. The number of aliphatic carboxylic acids is 1. The summed E-state index contributed by atoms with van der Waals surface area (Å²) in [5, 5.41) is 21.2. The lowest BCUT2D eigenvalue weighted by atomic mass is 9.57. The molecule has 0 aromatic rings. The Hall–Kier alpha value is -1.36. The summed E-state index contributed by atoms with van der Waals surface area (Å²) in [5.74, 6) is -3.24. The standard InChI is InChI=1S/C20H32O5/c1-18(2,3)20(24,19(4,5)6)15(16(21)22)17(23)25-14-11-12-7-9-13(14)10-8-12/h7,9,12-15,24H,8,10-11H2,1-6H3,(H,21,22). The highest BCUT2D eigenvalue weighted by Crippen LogP contribution is 2.49. The molecule has 0 aromatic carbocycles. The van der Waals surface area contributed by atoms with Crippen LogP contribution in [0.3, 0.4) is 0 Å². The van der Waals surface area contributed by atoms with Gasteiger partial charge >= 0.3 is 11.9 Å². The maximum atomic E-state index is 12.9. The summed E-state index contributed by atoms with van der Waals surface area (Å²) in [6.07, 6.45) is 6.73. The van der Waals surface area contributed by atoms with Crippen LogP contribution in [0.4, 0.5) is 0 Å². The minimum Gasteiger partial charge on any atom is -0.481 e. The van der Waals surface area contributed by atoms with E-state index in [-0.39, 0.29) is 12.0 Å². The van der Waals surface area contributed by atoms with Gasteiger partial charge in [0.15, 0.2) is 5.92 Å². The minimum atomic E-state index is -1.76. The van der Waals surface area contributed by atoms with Crippen molar-refractivity contribution in [2.24, 2.45) is 28.6 Å². The Balaban J connectivity index is 2.31. The maximum absolute atomic E-state index is 12.9. The highest BCUT2D eigenvalue weighted by atomic mass is 16.5. The fourth-order valence-electron chi connectivity index (χ4n) is 4.67. The zero-order valence-corrected chi connectivity index (χ0v) is 16.2. The zero-order valence-electron chi connectivity index (χ0n) is 16.2. The first-order chi connectivity index (χ1) is 11.3. The minimum absolute atomic E-state index is 0.153. The predicted octanol–water partition coefficient (Wildman–Crippen LogP) is 3.41. The Bertz CT molecular complexity index is 550. The smallest absolute Gasteiger partial charge is 0.323 e. The lowest BCUT2D eigenvalue weighted by Gasteiger charge is -2.52. The van der Waals surface area contributed by atoms with E-state index in [9.17, 15) is 19.8 Å². The average molecular weight is 352 g/mol. The van der Waals surface area contributed by atoms with E-state index in [2.05, 4.69) is 12.2 Å². The first-order valence-electron chi connectivity index (χ1n) is 9.13. The molecule has 5 heteroatoms. The van der Waals surface area contributed by atoms with Crippen LogP contribution >= 0.6 is 0 Å². The molecule has 4 unspecified atom stereocenters. The van der Waals surface area contributed by atoms with Gasteiger partial charge in [-0.2, -0.15) is 0 Å². The number of hydrogen-bond donors (Lipinski definition) is 2. The van der Waals surface area contributed by atoms with Gasteiger partial charge in [-0.25, -0.2) is 0 Å². The van der Waals surface area contributed by atoms with Crippen LogP contribution in [0.25, 0.3) is 0 Å². The van der Waals surface area contributed by atoms with Crippen molar-refractivity contribution in [2.75, 3.05) is 0 Å². The molecule has 5 nitrogen and oxygen atoms in total. The molecule has 0 heterocycles. The number of esters is 1. The number of carboxylic acids is 1. The van der Waals surface area contributed by atoms with Crippen LogP contribution in [0.5, 0.6) is 0 Å². The quantitative estimate of drug-likeness (QED) is 0.460. The molecule has 0 saturated heterocycles. The lowest BCUT2D eigenvalue weighted by molar-refractivity contribution is -0.210. The molecule has 3 aliphatic rings. The van der Waals surface area contributed by atoms with E-state index in [1.807, 2.05) is 0 Å². The molecule has 0 aliphatic heterocycles. The summed E-state index contributed by atoms with van der Waals surface area (Å²) in [6, 6.07) is 0. The van der Waals surface area contributed by atoms with Gasteiger partial charge in [-0.1, -0.05) is 53.7 Å². The molecule has 1 fully saturated rings. The van der Waals surface area contributed by atoms with E-state index in [1.165, 1.54) is 0 Å². The Morgan fingerprint density at radius 2 is 1.60 bits per heavy atom. The molecule has 0 radical (unpaired) electrons.